The average Bonchev–Trinajstić information content (AvgIpc) is 2.45. The van der Waals surface area contributed by atoms with Gasteiger partial charge in [0.05, 0.1) is 0 Å². The molecule has 112 valence electrons. The largest absolute Gasteiger partial charge is 0.478 e. The second-order valence-corrected chi connectivity index (χ2v) is 5.78. The Morgan fingerprint density at radius 1 is 1.24 bits per heavy atom. The maximum Gasteiger partial charge on any atom is 0.330 e. The number of carbonyl (C=O) groups is 2. The molecular weight excluding hydrogens is 288 g/mol. The summed E-state index contributed by atoms with van der Waals surface area (Å²) in [5, 5.41) is 17.5. The number of rotatable bonds is 9. The number of thioether (sulfide) groups is 1. The van der Waals surface area contributed by atoms with Crippen molar-refractivity contribution in [1.82, 2.24) is 0 Å². The predicted molar refractivity (Wildman–Crippen MR) is 83.5 cm³/mol. The van der Waals surface area contributed by atoms with E-state index in [0.29, 0.717) is 19.3 Å². The molecule has 0 saturated heterocycles. The Hall–Kier alpha value is -2.01. The molecule has 0 aliphatic heterocycles. The van der Waals surface area contributed by atoms with Crippen molar-refractivity contribution >= 4 is 23.7 Å². The van der Waals surface area contributed by atoms with Gasteiger partial charge >= 0.3 is 11.9 Å². The molecule has 1 aromatic carbocycles. The molecule has 0 aliphatic carbocycles. The first kappa shape index (κ1) is 17.0. The van der Waals surface area contributed by atoms with Crippen molar-refractivity contribution in [1.29, 1.82) is 0 Å². The maximum atomic E-state index is 10.7. The topological polar surface area (TPSA) is 74.6 Å². The van der Waals surface area contributed by atoms with Crippen LogP contribution in [0.25, 0.3) is 0 Å². The molecule has 0 saturated carbocycles. The van der Waals surface area contributed by atoms with Crippen molar-refractivity contribution in [3.63, 3.8) is 0 Å². The molecule has 1 unspecified atom stereocenters. The van der Waals surface area contributed by atoms with Crippen LogP contribution in [0.2, 0.25) is 0 Å². The number of benzene rings is 1. The van der Waals surface area contributed by atoms with Gasteiger partial charge in [0.2, 0.25) is 0 Å². The fourth-order valence-electron chi connectivity index (χ4n) is 1.68. The SMILES string of the molecule is C=C(CCCC(C=CC(=O)O)Sc1ccccc1)C(=O)O. The Morgan fingerprint density at radius 2 is 1.90 bits per heavy atom. The zero-order valence-corrected chi connectivity index (χ0v) is 12.4. The van der Waals surface area contributed by atoms with Gasteiger partial charge in [0.1, 0.15) is 0 Å². The van der Waals surface area contributed by atoms with Gasteiger partial charge in [0.15, 0.2) is 0 Å². The molecule has 5 heteroatoms. The highest BCUT2D eigenvalue weighted by Gasteiger charge is 2.10. The summed E-state index contributed by atoms with van der Waals surface area (Å²) >= 11 is 1.56. The number of carboxylic acid groups (broad SMARTS) is 2. The minimum absolute atomic E-state index is 0.00917. The lowest BCUT2D eigenvalue weighted by Gasteiger charge is -2.12. The highest BCUT2D eigenvalue weighted by Crippen LogP contribution is 2.27. The Bertz CT molecular complexity index is 522. The van der Waals surface area contributed by atoms with Gasteiger partial charge in [-0.1, -0.05) is 30.9 Å². The van der Waals surface area contributed by atoms with Crippen molar-refractivity contribution in [2.24, 2.45) is 0 Å². The fourth-order valence-corrected chi connectivity index (χ4v) is 2.79. The van der Waals surface area contributed by atoms with Crippen molar-refractivity contribution < 1.29 is 19.8 Å². The van der Waals surface area contributed by atoms with E-state index in [2.05, 4.69) is 6.58 Å². The summed E-state index contributed by atoms with van der Waals surface area (Å²) in [5.74, 6) is -1.97. The molecular formula is C16H18O4S. The highest BCUT2D eigenvalue weighted by atomic mass is 32.2. The lowest BCUT2D eigenvalue weighted by Crippen LogP contribution is -2.03. The van der Waals surface area contributed by atoms with Crippen LogP contribution in [0.1, 0.15) is 19.3 Å². The summed E-state index contributed by atoms with van der Waals surface area (Å²) in [4.78, 5) is 22.4. The molecule has 1 aromatic rings. The van der Waals surface area contributed by atoms with Gasteiger partial charge in [-0.3, -0.25) is 0 Å². The number of hydrogen-bond acceptors (Lipinski definition) is 3. The normalized spacial score (nSPS) is 12.2. The third-order valence-electron chi connectivity index (χ3n) is 2.75. The second-order valence-electron chi connectivity index (χ2n) is 4.47. The van der Waals surface area contributed by atoms with E-state index in [1.807, 2.05) is 30.3 Å². The van der Waals surface area contributed by atoms with Gasteiger partial charge < -0.3 is 10.2 Å². The van der Waals surface area contributed by atoms with Crippen LogP contribution >= 0.6 is 11.8 Å². The third kappa shape index (κ3) is 7.37. The van der Waals surface area contributed by atoms with E-state index >= 15 is 0 Å². The van der Waals surface area contributed by atoms with Crippen molar-refractivity contribution in [2.75, 3.05) is 0 Å². The first-order valence-corrected chi connectivity index (χ1v) is 7.41. The van der Waals surface area contributed by atoms with Crippen molar-refractivity contribution in [3.05, 3.63) is 54.6 Å². The van der Waals surface area contributed by atoms with Gasteiger partial charge in [0.25, 0.3) is 0 Å². The van der Waals surface area contributed by atoms with Crippen LogP contribution in [0, 0.1) is 0 Å². The first-order valence-electron chi connectivity index (χ1n) is 6.53. The monoisotopic (exact) mass is 306 g/mol. The summed E-state index contributed by atoms with van der Waals surface area (Å²) in [6.07, 6.45) is 4.52. The van der Waals surface area contributed by atoms with Gasteiger partial charge in [0, 0.05) is 21.8 Å². The van der Waals surface area contributed by atoms with E-state index in [-0.39, 0.29) is 10.8 Å². The molecule has 0 amide bonds. The quantitative estimate of drug-likeness (QED) is 0.538. The molecule has 4 nitrogen and oxygen atoms in total. The van der Waals surface area contributed by atoms with Gasteiger partial charge in [-0.2, -0.15) is 0 Å². The lowest BCUT2D eigenvalue weighted by molar-refractivity contribution is -0.133. The Balaban J connectivity index is 2.58. The van der Waals surface area contributed by atoms with E-state index in [0.717, 1.165) is 11.0 Å². The summed E-state index contributed by atoms with van der Waals surface area (Å²) in [7, 11) is 0. The molecule has 2 N–H and O–H groups in total. The zero-order valence-electron chi connectivity index (χ0n) is 11.6. The van der Waals surface area contributed by atoms with Gasteiger partial charge in [-0.25, -0.2) is 9.59 Å². The predicted octanol–water partition coefficient (Wildman–Crippen LogP) is 3.60. The summed E-state index contributed by atoms with van der Waals surface area (Å²) in [5.41, 5.74) is 0.181. The molecule has 0 aliphatic rings. The first-order chi connectivity index (χ1) is 9.99. The molecule has 0 aromatic heterocycles. The van der Waals surface area contributed by atoms with Crippen LogP contribution in [0.15, 0.2) is 59.5 Å². The minimum Gasteiger partial charge on any atom is -0.478 e. The van der Waals surface area contributed by atoms with Crippen LogP contribution in [0.3, 0.4) is 0 Å². The van der Waals surface area contributed by atoms with Crippen LogP contribution < -0.4 is 0 Å². The Morgan fingerprint density at radius 3 is 2.48 bits per heavy atom. The second kappa shape index (κ2) is 9.02. The highest BCUT2D eigenvalue weighted by molar-refractivity contribution is 8.00. The molecule has 0 radical (unpaired) electrons. The maximum absolute atomic E-state index is 10.7. The third-order valence-corrected chi connectivity index (χ3v) is 3.99. The lowest BCUT2D eigenvalue weighted by atomic mass is 10.1. The summed E-state index contributed by atoms with van der Waals surface area (Å²) in [6, 6.07) is 9.69. The Kier molecular flexibility index (Phi) is 7.32. The van der Waals surface area contributed by atoms with Gasteiger partial charge in [-0.15, -0.1) is 11.8 Å². The van der Waals surface area contributed by atoms with Crippen LogP contribution in [0.4, 0.5) is 0 Å². The van der Waals surface area contributed by atoms with Crippen LogP contribution in [-0.2, 0) is 9.59 Å². The molecule has 0 heterocycles. The van der Waals surface area contributed by atoms with Crippen molar-refractivity contribution in [3.8, 4) is 0 Å². The molecule has 0 spiro atoms. The van der Waals surface area contributed by atoms with Crippen LogP contribution in [-0.4, -0.2) is 27.4 Å². The molecule has 1 atom stereocenters. The fraction of sp³-hybridized carbons (Fsp3) is 0.250. The number of aliphatic carboxylic acids is 2. The summed E-state index contributed by atoms with van der Waals surface area (Å²) in [6.45, 7) is 3.49. The van der Waals surface area contributed by atoms with E-state index in [4.69, 9.17) is 10.2 Å². The van der Waals surface area contributed by atoms with E-state index < -0.39 is 11.9 Å². The molecule has 1 rings (SSSR count). The molecule has 0 bridgehead atoms. The average molecular weight is 306 g/mol. The van der Waals surface area contributed by atoms with E-state index in [1.54, 1.807) is 17.8 Å². The molecule has 21 heavy (non-hydrogen) atoms. The van der Waals surface area contributed by atoms with E-state index in [1.165, 1.54) is 0 Å². The number of carboxylic acids is 2. The van der Waals surface area contributed by atoms with E-state index in [9.17, 15) is 9.59 Å². The Labute approximate surface area is 128 Å². The molecule has 0 fully saturated rings. The smallest absolute Gasteiger partial charge is 0.330 e. The minimum atomic E-state index is -0.983. The zero-order chi connectivity index (χ0) is 15.7. The van der Waals surface area contributed by atoms with Crippen LogP contribution in [0.5, 0.6) is 0 Å². The standard InChI is InChI=1S/C16H18O4S/c1-12(16(19)20)6-5-9-14(10-11-15(17)18)21-13-7-3-2-4-8-13/h2-4,7-8,10-11,14H,1,5-6,9H2,(H,17,18)(H,19,20). The summed E-state index contributed by atoms with van der Waals surface area (Å²) < 4.78 is 0. The van der Waals surface area contributed by atoms with Crippen molar-refractivity contribution in [2.45, 2.75) is 29.4 Å². The number of hydrogen-bond donors (Lipinski definition) is 2. The van der Waals surface area contributed by atoms with Gasteiger partial charge in [-0.05, 0) is 31.4 Å².